The average molecular weight is 486 g/mol. The molecule has 3 aromatic rings. The van der Waals surface area contributed by atoms with Crippen molar-refractivity contribution in [3.8, 4) is 11.4 Å². The number of hydrogen-bond donors (Lipinski definition) is 2. The highest BCUT2D eigenvalue weighted by atomic mass is 16.5. The molecule has 1 unspecified atom stereocenters. The zero-order valence-electron chi connectivity index (χ0n) is 20.4. The van der Waals surface area contributed by atoms with Crippen LogP contribution >= 0.6 is 0 Å². The number of ether oxygens (including phenoxy) is 1. The van der Waals surface area contributed by atoms with Gasteiger partial charge in [-0.25, -0.2) is 15.0 Å². The summed E-state index contributed by atoms with van der Waals surface area (Å²) in [7, 11) is 0. The number of anilines is 2. The van der Waals surface area contributed by atoms with Crippen LogP contribution in [-0.4, -0.2) is 85.6 Å². The Kier molecular flexibility index (Phi) is 6.12. The first-order chi connectivity index (χ1) is 17.7. The third-order valence-corrected chi connectivity index (χ3v) is 7.08. The third kappa shape index (κ3) is 4.45. The van der Waals surface area contributed by atoms with Crippen LogP contribution in [0.4, 0.5) is 11.6 Å². The normalized spacial score (nSPS) is 24.4. The first kappa shape index (κ1) is 22.7. The minimum atomic E-state index is -0.0300. The lowest BCUT2D eigenvalue weighted by atomic mass is 10.1. The molecule has 3 aromatic heterocycles. The molecule has 2 aliphatic heterocycles. The van der Waals surface area contributed by atoms with Crippen LogP contribution in [0.2, 0.25) is 0 Å². The van der Waals surface area contributed by atoms with E-state index in [1.54, 1.807) is 12.4 Å². The van der Waals surface area contributed by atoms with E-state index >= 15 is 0 Å². The summed E-state index contributed by atoms with van der Waals surface area (Å²) in [5, 5.41) is 3.58. The van der Waals surface area contributed by atoms with Gasteiger partial charge >= 0.3 is 0 Å². The largest absolute Gasteiger partial charge is 0.382 e. The zero-order valence-corrected chi connectivity index (χ0v) is 20.4. The molecule has 1 atom stereocenters. The standard InChI is InChI=1S/C26H31N9O/c1-18-24(22-14-28-15-23(27)31-22)32-25(26-29-8-9-35(18)26)30-19-4-2-3-5-20(7-6-19)33-10-12-34(13-11-33)21-16-36-17-21/h2,4-9,14-15,19,21H,3,10-13,16-17H2,1H3,(H2,27,31)(H,30,32)/b4-2-,7-6-,20-5+. The molecule has 3 aliphatic rings. The molecule has 0 aromatic carbocycles. The monoisotopic (exact) mass is 485 g/mol. The summed E-state index contributed by atoms with van der Waals surface area (Å²) in [6.45, 7) is 7.98. The summed E-state index contributed by atoms with van der Waals surface area (Å²) in [4.78, 5) is 23.1. The second kappa shape index (κ2) is 9.71. The maximum Gasteiger partial charge on any atom is 0.180 e. The van der Waals surface area contributed by atoms with E-state index in [2.05, 4.69) is 60.4 Å². The van der Waals surface area contributed by atoms with Crippen molar-refractivity contribution in [2.24, 2.45) is 0 Å². The van der Waals surface area contributed by atoms with Crippen LogP contribution in [0.25, 0.3) is 17.0 Å². The summed E-state index contributed by atoms with van der Waals surface area (Å²) in [6.07, 6.45) is 18.9. The Morgan fingerprint density at radius 3 is 2.72 bits per heavy atom. The van der Waals surface area contributed by atoms with Crippen LogP contribution < -0.4 is 11.1 Å². The van der Waals surface area contributed by atoms with Crippen LogP contribution in [0.5, 0.6) is 0 Å². The molecule has 2 saturated heterocycles. The first-order valence-corrected chi connectivity index (χ1v) is 12.5. The van der Waals surface area contributed by atoms with Crippen molar-refractivity contribution in [2.45, 2.75) is 25.4 Å². The summed E-state index contributed by atoms with van der Waals surface area (Å²) in [6, 6.07) is 0.577. The second-order valence-corrected chi connectivity index (χ2v) is 9.38. The molecule has 0 saturated carbocycles. The number of nitrogens with one attached hydrogen (secondary N) is 1. The van der Waals surface area contributed by atoms with Gasteiger partial charge in [0.1, 0.15) is 17.2 Å². The smallest absolute Gasteiger partial charge is 0.180 e. The fourth-order valence-electron chi connectivity index (χ4n) is 4.96. The lowest BCUT2D eigenvalue weighted by Crippen LogP contribution is -2.56. The van der Waals surface area contributed by atoms with Crippen molar-refractivity contribution in [2.75, 3.05) is 50.4 Å². The fraction of sp³-hybridized carbons (Fsp3) is 0.385. The molecule has 5 heterocycles. The van der Waals surface area contributed by atoms with E-state index in [-0.39, 0.29) is 6.04 Å². The van der Waals surface area contributed by atoms with Gasteiger partial charge in [0.05, 0.1) is 37.7 Å². The van der Waals surface area contributed by atoms with Crippen LogP contribution in [-0.2, 0) is 4.74 Å². The van der Waals surface area contributed by atoms with E-state index in [1.165, 1.54) is 11.9 Å². The van der Waals surface area contributed by atoms with Gasteiger partial charge in [-0.15, -0.1) is 0 Å². The maximum absolute atomic E-state index is 5.89. The van der Waals surface area contributed by atoms with Crippen molar-refractivity contribution in [1.29, 1.82) is 0 Å². The van der Waals surface area contributed by atoms with Crippen LogP contribution in [0.1, 0.15) is 12.1 Å². The average Bonchev–Trinajstić information content (AvgIpc) is 3.33. The Bertz CT molecular complexity index is 1330. The minimum absolute atomic E-state index is 0.0300. The Labute approximate surface area is 210 Å². The molecule has 10 heteroatoms. The molecule has 1 aliphatic carbocycles. The summed E-state index contributed by atoms with van der Waals surface area (Å²) in [5.41, 5.74) is 10.2. The van der Waals surface area contributed by atoms with Crippen molar-refractivity contribution in [1.82, 2.24) is 34.1 Å². The number of aryl methyl sites for hydroxylation is 1. The number of piperazine rings is 1. The Balaban J connectivity index is 1.22. The number of imidazole rings is 1. The van der Waals surface area contributed by atoms with E-state index in [0.29, 0.717) is 23.4 Å². The van der Waals surface area contributed by atoms with E-state index < -0.39 is 0 Å². The van der Waals surface area contributed by atoms with E-state index in [0.717, 1.165) is 62.8 Å². The lowest BCUT2D eigenvalue weighted by molar-refractivity contribution is -0.0745. The summed E-state index contributed by atoms with van der Waals surface area (Å²) >= 11 is 0. The Morgan fingerprint density at radius 2 is 1.94 bits per heavy atom. The number of aromatic nitrogens is 5. The molecule has 0 bridgehead atoms. The Morgan fingerprint density at radius 1 is 1.08 bits per heavy atom. The van der Waals surface area contributed by atoms with Gasteiger partial charge in [-0.3, -0.25) is 14.3 Å². The number of fused-ring (bicyclic) bond motifs is 1. The molecule has 36 heavy (non-hydrogen) atoms. The molecule has 0 amide bonds. The van der Waals surface area contributed by atoms with Crippen LogP contribution in [0.15, 0.2) is 60.9 Å². The summed E-state index contributed by atoms with van der Waals surface area (Å²) in [5.74, 6) is 1.05. The first-order valence-electron chi connectivity index (χ1n) is 12.5. The molecule has 0 radical (unpaired) electrons. The van der Waals surface area contributed by atoms with Gasteiger partial charge < -0.3 is 20.7 Å². The fourth-order valence-corrected chi connectivity index (χ4v) is 4.96. The van der Waals surface area contributed by atoms with Crippen LogP contribution in [0.3, 0.4) is 0 Å². The topological polar surface area (TPSA) is 110 Å². The summed E-state index contributed by atoms with van der Waals surface area (Å²) < 4.78 is 7.39. The van der Waals surface area contributed by atoms with Gasteiger partial charge in [0.2, 0.25) is 0 Å². The number of allylic oxidation sites excluding steroid dienone is 3. The number of rotatable bonds is 5. The molecule has 2 fully saturated rings. The highest BCUT2D eigenvalue weighted by Crippen LogP contribution is 2.26. The number of nitrogen functional groups attached to an aromatic ring is 1. The van der Waals surface area contributed by atoms with Gasteiger partial charge in [0.25, 0.3) is 0 Å². The van der Waals surface area contributed by atoms with Gasteiger partial charge in [-0.05, 0) is 19.4 Å². The van der Waals surface area contributed by atoms with E-state index in [1.807, 2.05) is 17.5 Å². The molecular weight excluding hydrogens is 454 g/mol. The van der Waals surface area contributed by atoms with Gasteiger partial charge in [0.15, 0.2) is 11.5 Å². The molecule has 10 nitrogen and oxygen atoms in total. The zero-order chi connectivity index (χ0) is 24.5. The van der Waals surface area contributed by atoms with Crippen molar-refractivity contribution >= 4 is 17.3 Å². The molecule has 3 N–H and O–H groups in total. The number of hydrogen-bond acceptors (Lipinski definition) is 9. The molecule has 186 valence electrons. The maximum atomic E-state index is 5.89. The van der Waals surface area contributed by atoms with Gasteiger partial charge in [-0.1, -0.05) is 24.3 Å². The van der Waals surface area contributed by atoms with Gasteiger partial charge in [0, 0.05) is 50.0 Å². The predicted molar refractivity (Wildman–Crippen MR) is 139 cm³/mol. The lowest BCUT2D eigenvalue weighted by Gasteiger charge is -2.43. The molecule has 0 spiro atoms. The van der Waals surface area contributed by atoms with Gasteiger partial charge in [-0.2, -0.15) is 0 Å². The van der Waals surface area contributed by atoms with E-state index in [4.69, 9.17) is 15.5 Å². The minimum Gasteiger partial charge on any atom is -0.382 e. The molecular formula is C26H31N9O. The second-order valence-electron chi connectivity index (χ2n) is 9.38. The SMILES string of the molecule is Cc1c(-c2cncc(N)n2)nc(NC2/C=C\C/C=C(N3CCN(C4COC4)CC3)\C=C/2)c2nccn12. The number of nitrogens with two attached hydrogens (primary N) is 1. The van der Waals surface area contributed by atoms with Crippen molar-refractivity contribution in [3.63, 3.8) is 0 Å². The van der Waals surface area contributed by atoms with Crippen molar-refractivity contribution < 1.29 is 4.74 Å². The Hall–Kier alpha value is -3.76. The predicted octanol–water partition coefficient (Wildman–Crippen LogP) is 2.27. The van der Waals surface area contributed by atoms with Crippen molar-refractivity contribution in [3.05, 3.63) is 66.6 Å². The van der Waals surface area contributed by atoms with Crippen LogP contribution in [0, 0.1) is 6.92 Å². The quantitative estimate of drug-likeness (QED) is 0.526. The highest BCUT2D eigenvalue weighted by Gasteiger charge is 2.29. The number of nitrogens with zero attached hydrogens (tertiary/aromatic N) is 7. The highest BCUT2D eigenvalue weighted by molar-refractivity contribution is 5.71. The van der Waals surface area contributed by atoms with E-state index in [9.17, 15) is 0 Å². The molecule has 6 rings (SSSR count). The third-order valence-electron chi connectivity index (χ3n) is 7.08.